The molecule has 0 spiro atoms. The lowest BCUT2D eigenvalue weighted by Gasteiger charge is -2.10. The second-order valence-electron chi connectivity index (χ2n) is 10.3. The number of carboxylic acids is 2. The quantitative estimate of drug-likeness (QED) is 0.104. The molecule has 246 valence electrons. The van der Waals surface area contributed by atoms with E-state index in [1.54, 1.807) is 35.6 Å². The van der Waals surface area contributed by atoms with Gasteiger partial charge in [0.2, 0.25) is 0 Å². The van der Waals surface area contributed by atoms with E-state index in [4.69, 9.17) is 19.7 Å². The van der Waals surface area contributed by atoms with Crippen molar-refractivity contribution < 1.29 is 38.9 Å². The number of carbonyl (C=O) groups is 4. The van der Waals surface area contributed by atoms with Crippen molar-refractivity contribution in [1.29, 1.82) is 0 Å². The van der Waals surface area contributed by atoms with Crippen LogP contribution in [0.1, 0.15) is 132 Å². The van der Waals surface area contributed by atoms with Gasteiger partial charge in [-0.3, -0.25) is 0 Å². The molecular formula is C36H48O8S. The first-order chi connectivity index (χ1) is 21.8. The lowest BCUT2D eigenvalue weighted by molar-refractivity contribution is 0.0450. The van der Waals surface area contributed by atoms with Gasteiger partial charge >= 0.3 is 23.9 Å². The van der Waals surface area contributed by atoms with Crippen molar-refractivity contribution in [1.82, 2.24) is 0 Å². The van der Waals surface area contributed by atoms with Crippen LogP contribution in [-0.4, -0.2) is 47.3 Å². The number of aromatic carboxylic acids is 2. The topological polar surface area (TPSA) is 127 Å². The number of unbranched alkanes of at least 4 members (excludes halogenated alkanes) is 10. The highest BCUT2D eigenvalue weighted by molar-refractivity contribution is 7.07. The lowest BCUT2D eigenvalue weighted by atomic mass is 10.1. The number of carboxylic acid groups (broad SMARTS) is 2. The average Bonchev–Trinajstić information content (AvgIpc) is 3.65. The molecule has 0 radical (unpaired) electrons. The molecule has 0 aliphatic rings. The molecule has 0 saturated heterocycles. The molecule has 1 heterocycles. The van der Waals surface area contributed by atoms with Crippen molar-refractivity contribution in [2.75, 3.05) is 13.2 Å². The Morgan fingerprint density at radius 3 is 1.20 bits per heavy atom. The molecule has 3 aromatic rings. The predicted molar refractivity (Wildman–Crippen MR) is 178 cm³/mol. The first-order valence-electron chi connectivity index (χ1n) is 15.8. The van der Waals surface area contributed by atoms with E-state index >= 15 is 0 Å². The third-order valence-corrected chi connectivity index (χ3v) is 7.26. The molecule has 2 aromatic carbocycles. The number of esters is 2. The summed E-state index contributed by atoms with van der Waals surface area (Å²) in [7, 11) is 0. The first kappa shape index (κ1) is 39.0. The Bertz CT molecular complexity index is 1120. The molecule has 1 aromatic heterocycles. The van der Waals surface area contributed by atoms with Gasteiger partial charge in [-0.2, -0.15) is 11.3 Å². The number of rotatable bonds is 18. The summed E-state index contributed by atoms with van der Waals surface area (Å²) in [6.45, 7) is 5.17. The molecule has 0 saturated carbocycles. The SMILES string of the molecule is CCCCCCCCOC(=O)c1ccccc1C(=O)OCCCCCCCC.O=C(O)c1ccc(C(=O)O)cc1.c1ccsc1. The Morgan fingerprint density at radius 1 is 0.533 bits per heavy atom. The summed E-state index contributed by atoms with van der Waals surface area (Å²) in [4.78, 5) is 45.4. The van der Waals surface area contributed by atoms with Gasteiger partial charge in [-0.25, -0.2) is 19.2 Å². The molecule has 0 fully saturated rings. The summed E-state index contributed by atoms with van der Waals surface area (Å²) in [6, 6.07) is 15.8. The van der Waals surface area contributed by atoms with Crippen molar-refractivity contribution in [2.45, 2.75) is 90.9 Å². The molecule has 0 unspecified atom stereocenters. The van der Waals surface area contributed by atoms with Crippen LogP contribution in [0.25, 0.3) is 0 Å². The molecule has 45 heavy (non-hydrogen) atoms. The number of benzene rings is 2. The summed E-state index contributed by atoms with van der Waals surface area (Å²) < 4.78 is 10.7. The van der Waals surface area contributed by atoms with Crippen LogP contribution in [0.4, 0.5) is 0 Å². The van der Waals surface area contributed by atoms with Crippen molar-refractivity contribution in [3.63, 3.8) is 0 Å². The Morgan fingerprint density at radius 2 is 0.889 bits per heavy atom. The summed E-state index contributed by atoms with van der Waals surface area (Å²) in [6.07, 6.45) is 13.6. The molecule has 0 amide bonds. The summed E-state index contributed by atoms with van der Waals surface area (Å²) in [5.74, 6) is -3.01. The van der Waals surface area contributed by atoms with Gasteiger partial charge in [-0.15, -0.1) is 0 Å². The fraction of sp³-hybridized carbons (Fsp3) is 0.444. The Balaban J connectivity index is 0.000000481. The molecule has 0 aliphatic carbocycles. The third-order valence-electron chi connectivity index (χ3n) is 6.63. The number of thiophene rings is 1. The molecule has 8 nitrogen and oxygen atoms in total. The fourth-order valence-corrected chi connectivity index (χ4v) is 4.52. The van der Waals surface area contributed by atoms with Crippen LogP contribution in [0.2, 0.25) is 0 Å². The van der Waals surface area contributed by atoms with Crippen LogP contribution in [0.5, 0.6) is 0 Å². The number of hydrogen-bond donors (Lipinski definition) is 2. The minimum absolute atomic E-state index is 0.0833. The Labute approximate surface area is 271 Å². The zero-order chi connectivity index (χ0) is 33.1. The zero-order valence-electron chi connectivity index (χ0n) is 26.6. The van der Waals surface area contributed by atoms with E-state index in [2.05, 4.69) is 13.8 Å². The van der Waals surface area contributed by atoms with E-state index in [0.29, 0.717) is 24.3 Å². The minimum atomic E-state index is -1.06. The van der Waals surface area contributed by atoms with Gasteiger partial charge < -0.3 is 19.7 Å². The van der Waals surface area contributed by atoms with Gasteiger partial charge in [0.05, 0.1) is 35.5 Å². The Kier molecular flexibility index (Phi) is 22.0. The Hall–Kier alpha value is -3.98. The van der Waals surface area contributed by atoms with E-state index in [-0.39, 0.29) is 11.1 Å². The van der Waals surface area contributed by atoms with Crippen molar-refractivity contribution in [3.05, 3.63) is 93.7 Å². The average molecular weight is 641 g/mol. The van der Waals surface area contributed by atoms with Crippen molar-refractivity contribution in [2.24, 2.45) is 0 Å². The third kappa shape index (κ3) is 18.4. The molecule has 0 bridgehead atoms. The molecule has 0 aliphatic heterocycles. The van der Waals surface area contributed by atoms with E-state index in [1.807, 2.05) is 22.9 Å². The minimum Gasteiger partial charge on any atom is -0.478 e. The molecule has 0 atom stereocenters. The summed E-state index contributed by atoms with van der Waals surface area (Å²) >= 11 is 1.71. The maximum absolute atomic E-state index is 12.4. The monoisotopic (exact) mass is 640 g/mol. The van der Waals surface area contributed by atoms with Crippen LogP contribution in [0.3, 0.4) is 0 Å². The maximum atomic E-state index is 12.4. The molecular weight excluding hydrogens is 592 g/mol. The first-order valence-corrected chi connectivity index (χ1v) is 16.7. The van der Waals surface area contributed by atoms with Gasteiger partial charge in [0.1, 0.15) is 0 Å². The van der Waals surface area contributed by atoms with E-state index in [9.17, 15) is 19.2 Å². The second kappa shape index (κ2) is 25.4. The van der Waals surface area contributed by atoms with Gasteiger partial charge in [-0.1, -0.05) is 102 Å². The van der Waals surface area contributed by atoms with Crippen LogP contribution < -0.4 is 0 Å². The van der Waals surface area contributed by atoms with E-state index < -0.39 is 23.9 Å². The highest BCUT2D eigenvalue weighted by Gasteiger charge is 2.18. The smallest absolute Gasteiger partial charge is 0.339 e. The maximum Gasteiger partial charge on any atom is 0.339 e. The van der Waals surface area contributed by atoms with E-state index in [0.717, 1.165) is 25.7 Å². The van der Waals surface area contributed by atoms with Gasteiger partial charge in [0.25, 0.3) is 0 Å². The van der Waals surface area contributed by atoms with Crippen molar-refractivity contribution >= 4 is 35.2 Å². The number of ether oxygens (including phenoxy) is 2. The van der Waals surface area contributed by atoms with Gasteiger partial charge in [0.15, 0.2) is 0 Å². The standard InChI is InChI=1S/C24H38O4.C8H6O4.C4H4S/c1-3-5-7-9-11-15-19-27-23(25)21-17-13-14-18-22(21)24(26)28-20-16-12-10-8-6-4-2;9-7(10)5-1-2-6(4-3-5)8(11)12;1-2-4-5-3-1/h13-14,17-18H,3-12,15-16,19-20H2,1-2H3;1-4H,(H,9,10)(H,11,12);1-4H. The second-order valence-corrected chi connectivity index (χ2v) is 11.2. The number of carbonyl (C=O) groups excluding carboxylic acids is 2. The van der Waals surface area contributed by atoms with Crippen LogP contribution in [0.15, 0.2) is 71.4 Å². The van der Waals surface area contributed by atoms with Crippen LogP contribution >= 0.6 is 11.3 Å². The highest BCUT2D eigenvalue weighted by Crippen LogP contribution is 2.14. The largest absolute Gasteiger partial charge is 0.478 e. The van der Waals surface area contributed by atoms with Crippen LogP contribution in [0, 0.1) is 0 Å². The molecule has 9 heteroatoms. The summed E-state index contributed by atoms with van der Waals surface area (Å²) in [5, 5.41) is 21.0. The van der Waals surface area contributed by atoms with Gasteiger partial charge in [-0.05, 0) is 60.0 Å². The van der Waals surface area contributed by atoms with Crippen LogP contribution in [-0.2, 0) is 9.47 Å². The fourth-order valence-electron chi connectivity index (χ4n) is 4.07. The van der Waals surface area contributed by atoms with E-state index in [1.165, 1.54) is 75.6 Å². The molecule has 3 rings (SSSR count). The number of hydrogen-bond acceptors (Lipinski definition) is 7. The normalized spacial score (nSPS) is 10.0. The zero-order valence-corrected chi connectivity index (χ0v) is 27.4. The summed E-state index contributed by atoms with van der Waals surface area (Å²) in [5.41, 5.74) is 0.753. The van der Waals surface area contributed by atoms with Crippen molar-refractivity contribution in [3.8, 4) is 0 Å². The van der Waals surface area contributed by atoms with Gasteiger partial charge in [0, 0.05) is 0 Å². The predicted octanol–water partition coefficient (Wildman–Crippen LogP) is 9.55. The highest BCUT2D eigenvalue weighted by atomic mass is 32.1. The molecule has 2 N–H and O–H groups in total. The lowest BCUT2D eigenvalue weighted by Crippen LogP contribution is -2.15.